The molecule has 0 unspecified atom stereocenters. The Labute approximate surface area is 94.0 Å². The van der Waals surface area contributed by atoms with Gasteiger partial charge in [-0.05, 0) is 28.7 Å². The third kappa shape index (κ3) is 2.65. The number of alkyl halides is 3. The summed E-state index contributed by atoms with van der Waals surface area (Å²) in [5, 5.41) is 0. The van der Waals surface area contributed by atoms with Crippen molar-refractivity contribution in [1.29, 1.82) is 0 Å². The number of benzene rings is 1. The largest absolute Gasteiger partial charge is 0.217 e. The molecule has 0 aliphatic heterocycles. The summed E-state index contributed by atoms with van der Waals surface area (Å²) in [4.78, 5) is 0. The lowest BCUT2D eigenvalue weighted by atomic mass is 10.2. The minimum absolute atomic E-state index is 0.727. The van der Waals surface area contributed by atoms with Crippen LogP contribution >= 0.6 is 57.4 Å². The fourth-order valence-electron chi connectivity index (χ4n) is 0.691. The van der Waals surface area contributed by atoms with E-state index in [2.05, 4.69) is 22.6 Å². The molecule has 60 valence electrons. The Morgan fingerprint density at radius 2 is 1.64 bits per heavy atom. The van der Waals surface area contributed by atoms with Crippen molar-refractivity contribution in [3.8, 4) is 0 Å². The lowest BCUT2D eigenvalue weighted by Crippen LogP contribution is -2.01. The monoisotopic (exact) mass is 320 g/mol. The van der Waals surface area contributed by atoms with Crippen LogP contribution in [0, 0.1) is 3.57 Å². The van der Waals surface area contributed by atoms with E-state index in [9.17, 15) is 0 Å². The summed E-state index contributed by atoms with van der Waals surface area (Å²) in [6.45, 7) is 0. The van der Waals surface area contributed by atoms with Gasteiger partial charge in [0, 0.05) is 9.13 Å². The van der Waals surface area contributed by atoms with E-state index >= 15 is 0 Å². The first-order valence-corrected chi connectivity index (χ1v) is 5.05. The highest BCUT2D eigenvalue weighted by atomic mass is 127. The molecule has 1 aromatic carbocycles. The van der Waals surface area contributed by atoms with Crippen LogP contribution in [0.3, 0.4) is 0 Å². The van der Waals surface area contributed by atoms with E-state index in [1.165, 1.54) is 0 Å². The highest BCUT2D eigenvalue weighted by Crippen LogP contribution is 2.40. The fraction of sp³-hybridized carbons (Fsp3) is 0.143. The van der Waals surface area contributed by atoms with E-state index in [0.717, 1.165) is 9.13 Å². The van der Waals surface area contributed by atoms with Crippen LogP contribution in [-0.4, -0.2) is 0 Å². The molecule has 0 aliphatic carbocycles. The Morgan fingerprint density at radius 3 is 2.00 bits per heavy atom. The molecule has 0 saturated carbocycles. The van der Waals surface area contributed by atoms with Crippen molar-refractivity contribution >= 4 is 57.4 Å². The smallest absolute Gasteiger partial charge is 0.0784 e. The number of hydrogen-bond donors (Lipinski definition) is 0. The maximum absolute atomic E-state index is 5.69. The van der Waals surface area contributed by atoms with Crippen LogP contribution in [0.2, 0.25) is 0 Å². The minimum atomic E-state index is -1.31. The maximum atomic E-state index is 5.69. The normalized spacial score (nSPS) is 11.6. The summed E-state index contributed by atoms with van der Waals surface area (Å²) in [6.07, 6.45) is 0. The fourth-order valence-corrected chi connectivity index (χ4v) is 2.46. The van der Waals surface area contributed by atoms with Crippen molar-refractivity contribution in [3.63, 3.8) is 0 Å². The predicted octanol–water partition coefficient (Wildman–Crippen LogP) is 4.12. The van der Waals surface area contributed by atoms with Crippen molar-refractivity contribution in [1.82, 2.24) is 0 Å². The van der Waals surface area contributed by atoms with Gasteiger partial charge in [0.1, 0.15) is 0 Å². The predicted molar refractivity (Wildman–Crippen MR) is 58.4 cm³/mol. The molecular formula is C7H4Cl3I. The average Bonchev–Trinajstić information content (AvgIpc) is 1.86. The average molecular weight is 321 g/mol. The van der Waals surface area contributed by atoms with E-state index in [-0.39, 0.29) is 0 Å². The molecular weight excluding hydrogens is 317 g/mol. The first-order valence-electron chi connectivity index (χ1n) is 2.83. The third-order valence-electron chi connectivity index (χ3n) is 1.18. The van der Waals surface area contributed by atoms with Crippen LogP contribution in [-0.2, 0) is 3.79 Å². The molecule has 0 heterocycles. The van der Waals surface area contributed by atoms with Gasteiger partial charge in [-0.15, -0.1) is 0 Å². The Kier molecular flexibility index (Phi) is 3.32. The second-order valence-corrected chi connectivity index (χ2v) is 5.42. The quantitative estimate of drug-likeness (QED) is 0.498. The van der Waals surface area contributed by atoms with Crippen molar-refractivity contribution in [2.24, 2.45) is 0 Å². The summed E-state index contributed by atoms with van der Waals surface area (Å²) in [5.74, 6) is 0. The van der Waals surface area contributed by atoms with Gasteiger partial charge in [0.25, 0.3) is 0 Å². The van der Waals surface area contributed by atoms with Gasteiger partial charge in [0.05, 0.1) is 0 Å². The third-order valence-corrected chi connectivity index (χ3v) is 2.73. The maximum Gasteiger partial charge on any atom is 0.217 e. The first-order chi connectivity index (χ1) is 5.02. The molecule has 0 amide bonds. The van der Waals surface area contributed by atoms with Gasteiger partial charge in [-0.3, -0.25) is 0 Å². The highest BCUT2D eigenvalue weighted by Gasteiger charge is 2.24. The topological polar surface area (TPSA) is 0 Å². The number of hydrogen-bond acceptors (Lipinski definition) is 0. The summed E-state index contributed by atoms with van der Waals surface area (Å²) in [5.41, 5.74) is 0.727. The molecule has 0 aromatic heterocycles. The molecule has 1 aromatic rings. The Hall–Kier alpha value is 0.820. The molecule has 0 N–H and O–H groups in total. The van der Waals surface area contributed by atoms with Crippen LogP contribution in [0.5, 0.6) is 0 Å². The number of halogens is 4. The Morgan fingerprint density at radius 1 is 1.09 bits per heavy atom. The van der Waals surface area contributed by atoms with Crippen LogP contribution in [0.15, 0.2) is 24.3 Å². The van der Waals surface area contributed by atoms with Crippen molar-refractivity contribution in [2.75, 3.05) is 0 Å². The van der Waals surface area contributed by atoms with Gasteiger partial charge in [0.15, 0.2) is 0 Å². The lowest BCUT2D eigenvalue weighted by molar-refractivity contribution is 1.22. The SMILES string of the molecule is ClC(Cl)(Cl)c1ccccc1I. The standard InChI is InChI=1S/C7H4Cl3I/c8-7(9,10)5-3-1-2-4-6(5)11/h1-4H. The van der Waals surface area contributed by atoms with Crippen LogP contribution in [0.1, 0.15) is 5.56 Å². The lowest BCUT2D eigenvalue weighted by Gasteiger charge is -2.12. The highest BCUT2D eigenvalue weighted by molar-refractivity contribution is 14.1. The summed E-state index contributed by atoms with van der Waals surface area (Å²) in [7, 11) is 0. The van der Waals surface area contributed by atoms with Gasteiger partial charge in [-0.1, -0.05) is 53.0 Å². The van der Waals surface area contributed by atoms with Gasteiger partial charge >= 0.3 is 0 Å². The summed E-state index contributed by atoms with van der Waals surface area (Å²) < 4.78 is -0.345. The molecule has 0 bridgehead atoms. The minimum Gasteiger partial charge on any atom is -0.0784 e. The van der Waals surface area contributed by atoms with Gasteiger partial charge in [-0.2, -0.15) is 0 Å². The molecule has 0 nitrogen and oxygen atoms in total. The van der Waals surface area contributed by atoms with E-state index in [1.807, 2.05) is 18.2 Å². The van der Waals surface area contributed by atoms with Crippen molar-refractivity contribution < 1.29 is 0 Å². The molecule has 0 atom stereocenters. The van der Waals surface area contributed by atoms with E-state index in [0.29, 0.717) is 0 Å². The molecule has 11 heavy (non-hydrogen) atoms. The van der Waals surface area contributed by atoms with Crippen LogP contribution in [0.25, 0.3) is 0 Å². The molecule has 0 aliphatic rings. The van der Waals surface area contributed by atoms with E-state index < -0.39 is 3.79 Å². The van der Waals surface area contributed by atoms with E-state index in [1.54, 1.807) is 6.07 Å². The molecule has 0 saturated heterocycles. The van der Waals surface area contributed by atoms with Crippen molar-refractivity contribution in [3.05, 3.63) is 33.4 Å². The van der Waals surface area contributed by atoms with Crippen LogP contribution in [0.4, 0.5) is 0 Å². The number of rotatable bonds is 0. The first kappa shape index (κ1) is 9.90. The zero-order chi connectivity index (χ0) is 8.48. The second-order valence-electron chi connectivity index (χ2n) is 1.98. The Balaban J connectivity index is 3.14. The summed E-state index contributed by atoms with van der Waals surface area (Å²) >= 11 is 19.2. The molecule has 0 radical (unpaired) electrons. The molecule has 1 rings (SSSR count). The molecule has 4 heteroatoms. The van der Waals surface area contributed by atoms with Crippen LogP contribution < -0.4 is 0 Å². The zero-order valence-corrected chi connectivity index (χ0v) is 9.75. The van der Waals surface area contributed by atoms with Gasteiger partial charge < -0.3 is 0 Å². The zero-order valence-electron chi connectivity index (χ0n) is 5.32. The van der Waals surface area contributed by atoms with E-state index in [4.69, 9.17) is 34.8 Å². The Bertz CT molecular complexity index is 254. The van der Waals surface area contributed by atoms with Gasteiger partial charge in [-0.25, -0.2) is 0 Å². The van der Waals surface area contributed by atoms with Gasteiger partial charge in [0.2, 0.25) is 3.79 Å². The molecule has 0 fully saturated rings. The van der Waals surface area contributed by atoms with Crippen molar-refractivity contribution in [2.45, 2.75) is 3.79 Å². The second kappa shape index (κ2) is 3.69. The summed E-state index contributed by atoms with van der Waals surface area (Å²) in [6, 6.07) is 7.45. The molecule has 0 spiro atoms.